The van der Waals surface area contributed by atoms with E-state index in [1.165, 1.54) is 31.3 Å². The number of ether oxygens (including phenoxy) is 2. The molecule has 0 amide bonds. The Labute approximate surface area is 192 Å². The van der Waals surface area contributed by atoms with Gasteiger partial charge in [-0.05, 0) is 25.1 Å². The number of nitrogens with zero attached hydrogens (tertiary/aromatic N) is 3. The maximum Gasteiger partial charge on any atom is 0.422 e. The lowest BCUT2D eigenvalue weighted by Crippen LogP contribution is -2.20. The van der Waals surface area contributed by atoms with Gasteiger partial charge in [-0.1, -0.05) is 6.07 Å². The minimum absolute atomic E-state index is 0.00903. The first-order valence-corrected chi connectivity index (χ1v) is 10.8. The summed E-state index contributed by atoms with van der Waals surface area (Å²) in [5.74, 6) is -1.02. The van der Waals surface area contributed by atoms with E-state index in [2.05, 4.69) is 19.8 Å². The van der Waals surface area contributed by atoms with E-state index in [4.69, 9.17) is 9.47 Å². The third-order valence-corrected chi connectivity index (χ3v) is 5.52. The maximum absolute atomic E-state index is 12.9. The third-order valence-electron chi connectivity index (χ3n) is 4.36. The zero-order valence-corrected chi connectivity index (χ0v) is 18.3. The summed E-state index contributed by atoms with van der Waals surface area (Å²) in [6.45, 7) is -0.776. The SMILES string of the molecule is Cc1c(OCC(F)(F)F)ccnc1C[S+]([O-])c1nc2c(C(=O)OCCO[N+](=O)[O-])cccc2[nH]1. The molecular weight excluding hydrogens is 485 g/mol. The van der Waals surface area contributed by atoms with Crippen molar-refractivity contribution in [3.05, 3.63) is 57.4 Å². The Kier molecular flexibility index (Phi) is 7.78. The van der Waals surface area contributed by atoms with Crippen LogP contribution in [0.2, 0.25) is 0 Å². The van der Waals surface area contributed by atoms with E-state index in [0.29, 0.717) is 11.1 Å². The van der Waals surface area contributed by atoms with Crippen LogP contribution in [-0.2, 0) is 26.5 Å². The van der Waals surface area contributed by atoms with Crippen LogP contribution in [0.25, 0.3) is 11.0 Å². The molecule has 0 aliphatic carbocycles. The smallest absolute Gasteiger partial charge is 0.422 e. The fraction of sp³-hybridized carbons (Fsp3) is 0.316. The van der Waals surface area contributed by atoms with Gasteiger partial charge in [0.1, 0.15) is 24.5 Å². The van der Waals surface area contributed by atoms with Crippen LogP contribution in [0.15, 0.2) is 35.6 Å². The summed E-state index contributed by atoms with van der Waals surface area (Å²) in [5.41, 5.74) is 1.14. The number of aromatic nitrogens is 3. The first-order chi connectivity index (χ1) is 16.0. The summed E-state index contributed by atoms with van der Waals surface area (Å²) in [7, 11) is 0. The molecule has 1 N–H and O–H groups in total. The quantitative estimate of drug-likeness (QED) is 0.145. The number of alkyl halides is 3. The van der Waals surface area contributed by atoms with Crippen molar-refractivity contribution in [1.29, 1.82) is 0 Å². The molecular formula is C19H17F3N4O7S. The minimum atomic E-state index is -4.51. The number of aromatic amines is 1. The zero-order chi connectivity index (χ0) is 24.9. The van der Waals surface area contributed by atoms with Crippen LogP contribution in [-0.4, -0.2) is 56.6 Å². The lowest BCUT2D eigenvalue weighted by molar-refractivity contribution is -0.757. The molecule has 0 bridgehead atoms. The molecule has 11 nitrogen and oxygen atoms in total. The van der Waals surface area contributed by atoms with Gasteiger partial charge in [0, 0.05) is 22.9 Å². The molecule has 0 spiro atoms. The van der Waals surface area contributed by atoms with E-state index >= 15 is 0 Å². The van der Waals surface area contributed by atoms with E-state index < -0.39 is 41.6 Å². The summed E-state index contributed by atoms with van der Waals surface area (Å²) in [6, 6.07) is 5.82. The number of rotatable bonds is 10. The van der Waals surface area contributed by atoms with Crippen LogP contribution in [0.3, 0.4) is 0 Å². The van der Waals surface area contributed by atoms with E-state index in [9.17, 15) is 32.6 Å². The highest BCUT2D eigenvalue weighted by Crippen LogP contribution is 2.26. The average Bonchev–Trinajstić information content (AvgIpc) is 3.21. The van der Waals surface area contributed by atoms with Gasteiger partial charge in [-0.25, -0.2) is 4.79 Å². The van der Waals surface area contributed by atoms with E-state index in [1.807, 2.05) is 0 Å². The number of nitrogens with one attached hydrogen (secondary N) is 1. The molecule has 1 aromatic carbocycles. The normalized spacial score (nSPS) is 12.4. The van der Waals surface area contributed by atoms with Crippen molar-refractivity contribution in [2.24, 2.45) is 0 Å². The standard InChI is InChI=1S/C19H17F3N4O7S/c1-11-14(23-6-5-15(11)32-10-19(20,21)22)9-34(30)18-24-13-4-2-3-12(16(13)25-18)17(27)31-7-8-33-26(28)29/h2-6H,7-10H2,1H3,(H,24,25). The summed E-state index contributed by atoms with van der Waals surface area (Å²) in [6.07, 6.45) is -3.26. The minimum Gasteiger partial charge on any atom is -0.609 e. The molecule has 2 heterocycles. The number of carbonyl (C=O) groups is 1. The van der Waals surface area contributed by atoms with Gasteiger partial charge in [0.2, 0.25) is 0 Å². The number of benzene rings is 1. The van der Waals surface area contributed by atoms with Crippen molar-refractivity contribution < 1.29 is 41.9 Å². The van der Waals surface area contributed by atoms with Gasteiger partial charge >= 0.3 is 17.3 Å². The molecule has 182 valence electrons. The van der Waals surface area contributed by atoms with Gasteiger partial charge in [0.15, 0.2) is 12.4 Å². The van der Waals surface area contributed by atoms with Crippen molar-refractivity contribution in [2.75, 3.05) is 19.8 Å². The fourth-order valence-corrected chi connectivity index (χ4v) is 3.91. The zero-order valence-electron chi connectivity index (χ0n) is 17.5. The Hall–Kier alpha value is -3.59. The van der Waals surface area contributed by atoms with Crippen LogP contribution in [0.4, 0.5) is 13.2 Å². The maximum atomic E-state index is 12.9. The first kappa shape index (κ1) is 25.0. The second kappa shape index (κ2) is 10.6. The number of esters is 1. The molecule has 15 heteroatoms. The van der Waals surface area contributed by atoms with Crippen molar-refractivity contribution >= 4 is 28.2 Å². The highest BCUT2D eigenvalue weighted by Gasteiger charge is 2.29. The fourth-order valence-electron chi connectivity index (χ4n) is 2.82. The number of para-hydroxylation sites is 1. The van der Waals surface area contributed by atoms with Crippen LogP contribution in [0.1, 0.15) is 21.6 Å². The summed E-state index contributed by atoms with van der Waals surface area (Å²) >= 11 is -1.79. The predicted molar refractivity (Wildman–Crippen MR) is 110 cm³/mol. The molecule has 2 aromatic heterocycles. The Morgan fingerprint density at radius 3 is 2.74 bits per heavy atom. The number of hydrogen-bond acceptors (Lipinski definition) is 9. The van der Waals surface area contributed by atoms with Crippen molar-refractivity contribution in [1.82, 2.24) is 15.0 Å². The number of fused-ring (bicyclic) bond motifs is 1. The Morgan fingerprint density at radius 1 is 1.26 bits per heavy atom. The van der Waals surface area contributed by atoms with Crippen molar-refractivity contribution in [3.63, 3.8) is 0 Å². The Bertz CT molecular complexity index is 1190. The summed E-state index contributed by atoms with van der Waals surface area (Å²) < 4.78 is 59.9. The monoisotopic (exact) mass is 502 g/mol. The molecule has 0 aliphatic heterocycles. The number of imidazole rings is 1. The predicted octanol–water partition coefficient (Wildman–Crippen LogP) is 2.88. The molecule has 1 unspecified atom stereocenters. The number of carbonyl (C=O) groups excluding carboxylic acids is 1. The number of hydrogen-bond donors (Lipinski definition) is 1. The topological polar surface area (TPSA) is 153 Å². The molecule has 34 heavy (non-hydrogen) atoms. The van der Waals surface area contributed by atoms with Crippen LogP contribution in [0, 0.1) is 17.0 Å². The average molecular weight is 502 g/mol. The first-order valence-electron chi connectivity index (χ1n) is 9.50. The number of pyridine rings is 1. The lowest BCUT2D eigenvalue weighted by Gasteiger charge is -2.14. The summed E-state index contributed by atoms with van der Waals surface area (Å²) in [4.78, 5) is 37.6. The second-order valence-corrected chi connectivity index (χ2v) is 8.08. The van der Waals surface area contributed by atoms with Gasteiger partial charge in [-0.15, -0.1) is 10.1 Å². The van der Waals surface area contributed by atoms with Crippen LogP contribution < -0.4 is 4.74 Å². The van der Waals surface area contributed by atoms with Gasteiger partial charge in [0.25, 0.3) is 5.09 Å². The van der Waals surface area contributed by atoms with Gasteiger partial charge in [0.05, 0.1) is 16.8 Å². The van der Waals surface area contributed by atoms with E-state index in [-0.39, 0.29) is 40.0 Å². The lowest BCUT2D eigenvalue weighted by atomic mass is 10.2. The van der Waals surface area contributed by atoms with Crippen LogP contribution in [0.5, 0.6) is 5.75 Å². The third kappa shape index (κ3) is 6.48. The van der Waals surface area contributed by atoms with Crippen molar-refractivity contribution in [2.45, 2.75) is 24.0 Å². The van der Waals surface area contributed by atoms with Gasteiger partial charge < -0.3 is 18.9 Å². The summed E-state index contributed by atoms with van der Waals surface area (Å²) in [5, 5.41) is 9.14. The Balaban J connectivity index is 1.74. The van der Waals surface area contributed by atoms with Gasteiger partial charge in [-0.3, -0.25) is 9.97 Å². The molecule has 0 saturated carbocycles. The highest BCUT2D eigenvalue weighted by molar-refractivity contribution is 7.90. The molecule has 1 atom stereocenters. The molecule has 0 saturated heterocycles. The van der Waals surface area contributed by atoms with E-state index in [1.54, 1.807) is 6.07 Å². The highest BCUT2D eigenvalue weighted by atomic mass is 32.2. The molecule has 3 aromatic rings. The van der Waals surface area contributed by atoms with Crippen LogP contribution >= 0.6 is 0 Å². The number of H-pyrrole nitrogens is 1. The molecule has 3 rings (SSSR count). The second-order valence-electron chi connectivity index (χ2n) is 6.71. The molecule has 0 aliphatic rings. The van der Waals surface area contributed by atoms with Crippen molar-refractivity contribution in [3.8, 4) is 5.75 Å². The van der Waals surface area contributed by atoms with E-state index in [0.717, 1.165) is 0 Å². The largest absolute Gasteiger partial charge is 0.609 e. The number of halogens is 3. The molecule has 0 fully saturated rings. The molecule has 0 radical (unpaired) electrons. The Morgan fingerprint density at radius 2 is 2.03 bits per heavy atom. The van der Waals surface area contributed by atoms with Gasteiger partial charge in [-0.2, -0.15) is 18.2 Å².